The first-order valence-electron chi connectivity index (χ1n) is 9.12. The van der Waals surface area contributed by atoms with Crippen LogP contribution in [-0.2, 0) is 19.1 Å². The molecule has 4 amide bonds. The zero-order chi connectivity index (χ0) is 20.5. The summed E-state index contributed by atoms with van der Waals surface area (Å²) in [5.74, 6) is -1.77. The fourth-order valence-corrected chi connectivity index (χ4v) is 3.69. The van der Waals surface area contributed by atoms with Crippen LogP contribution in [0, 0.1) is 6.92 Å². The number of aryl methyl sites for hydroxylation is 1. The SMILES string of the molecule is Cc1ccc(Cl)cc1NC(=O)[C@H](C)OC(=O)CN1C(=O)NC2(CCCC2)C1=O. The second-order valence-corrected chi connectivity index (χ2v) is 7.63. The predicted octanol–water partition coefficient (Wildman–Crippen LogP) is 2.38. The van der Waals surface area contributed by atoms with Crippen LogP contribution in [0.2, 0.25) is 5.02 Å². The Morgan fingerprint density at radius 2 is 2.00 bits per heavy atom. The number of rotatable bonds is 5. The molecule has 2 aliphatic rings. The minimum absolute atomic E-state index is 0.404. The molecular formula is C19H22ClN3O5. The van der Waals surface area contributed by atoms with E-state index in [0.717, 1.165) is 23.3 Å². The highest BCUT2D eigenvalue weighted by Crippen LogP contribution is 2.34. The van der Waals surface area contributed by atoms with Gasteiger partial charge in [0.1, 0.15) is 12.1 Å². The van der Waals surface area contributed by atoms with Crippen LogP contribution in [0.1, 0.15) is 38.2 Å². The quantitative estimate of drug-likeness (QED) is 0.576. The summed E-state index contributed by atoms with van der Waals surface area (Å²) in [5.41, 5.74) is 0.430. The van der Waals surface area contributed by atoms with Crippen LogP contribution in [0.4, 0.5) is 10.5 Å². The van der Waals surface area contributed by atoms with Crippen molar-refractivity contribution < 1.29 is 23.9 Å². The maximum Gasteiger partial charge on any atom is 0.327 e. The number of nitrogens with zero attached hydrogens (tertiary/aromatic N) is 1. The third-order valence-corrected chi connectivity index (χ3v) is 5.36. The van der Waals surface area contributed by atoms with Crippen LogP contribution < -0.4 is 10.6 Å². The minimum atomic E-state index is -1.10. The van der Waals surface area contributed by atoms with E-state index >= 15 is 0 Å². The molecule has 8 nitrogen and oxygen atoms in total. The number of hydrogen-bond donors (Lipinski definition) is 2. The summed E-state index contributed by atoms with van der Waals surface area (Å²) in [6.07, 6.45) is 1.74. The summed E-state index contributed by atoms with van der Waals surface area (Å²) in [6, 6.07) is 4.45. The molecule has 1 atom stereocenters. The number of esters is 1. The number of amides is 4. The Balaban J connectivity index is 1.57. The Morgan fingerprint density at radius 1 is 1.32 bits per heavy atom. The largest absolute Gasteiger partial charge is 0.451 e. The smallest absolute Gasteiger partial charge is 0.327 e. The number of nitrogens with one attached hydrogen (secondary N) is 2. The number of hydrogen-bond acceptors (Lipinski definition) is 5. The molecule has 3 rings (SSSR count). The van der Waals surface area contributed by atoms with Crippen molar-refractivity contribution in [3.8, 4) is 0 Å². The molecular weight excluding hydrogens is 386 g/mol. The zero-order valence-corrected chi connectivity index (χ0v) is 16.5. The molecule has 9 heteroatoms. The predicted molar refractivity (Wildman–Crippen MR) is 102 cm³/mol. The van der Waals surface area contributed by atoms with Crippen molar-refractivity contribution in [3.05, 3.63) is 28.8 Å². The first kappa shape index (κ1) is 20.1. The number of imide groups is 1. The highest BCUT2D eigenvalue weighted by atomic mass is 35.5. The van der Waals surface area contributed by atoms with Gasteiger partial charge in [0.05, 0.1) is 0 Å². The minimum Gasteiger partial charge on any atom is -0.451 e. The molecule has 2 N–H and O–H groups in total. The lowest BCUT2D eigenvalue weighted by Gasteiger charge is -2.20. The molecule has 1 aromatic carbocycles. The molecule has 0 unspecified atom stereocenters. The van der Waals surface area contributed by atoms with Gasteiger partial charge in [-0.15, -0.1) is 0 Å². The molecule has 1 saturated heterocycles. The molecule has 2 fully saturated rings. The van der Waals surface area contributed by atoms with Crippen molar-refractivity contribution in [1.29, 1.82) is 0 Å². The van der Waals surface area contributed by atoms with Crippen molar-refractivity contribution >= 4 is 41.1 Å². The summed E-state index contributed by atoms with van der Waals surface area (Å²) in [6.45, 7) is 2.69. The number of anilines is 1. The lowest BCUT2D eigenvalue weighted by molar-refractivity contribution is -0.155. The number of urea groups is 1. The second-order valence-electron chi connectivity index (χ2n) is 7.19. The van der Waals surface area contributed by atoms with Gasteiger partial charge in [0, 0.05) is 10.7 Å². The van der Waals surface area contributed by atoms with Gasteiger partial charge in [0.2, 0.25) is 0 Å². The summed E-state index contributed by atoms with van der Waals surface area (Å²) >= 11 is 5.93. The average molecular weight is 408 g/mol. The maximum atomic E-state index is 12.5. The van der Waals surface area contributed by atoms with Gasteiger partial charge in [0.25, 0.3) is 11.8 Å². The lowest BCUT2D eigenvalue weighted by atomic mass is 9.98. The van der Waals surface area contributed by atoms with E-state index in [1.54, 1.807) is 25.1 Å². The molecule has 150 valence electrons. The van der Waals surface area contributed by atoms with Crippen LogP contribution in [0.25, 0.3) is 0 Å². The first-order chi connectivity index (χ1) is 13.2. The van der Waals surface area contributed by atoms with Gasteiger partial charge < -0.3 is 15.4 Å². The summed E-state index contributed by atoms with van der Waals surface area (Å²) < 4.78 is 5.11. The number of halogens is 1. The Bertz CT molecular complexity index is 835. The van der Waals surface area contributed by atoms with Crippen LogP contribution in [0.3, 0.4) is 0 Å². The van der Waals surface area contributed by atoms with Crippen LogP contribution >= 0.6 is 11.6 Å². The van der Waals surface area contributed by atoms with E-state index in [9.17, 15) is 19.2 Å². The van der Waals surface area contributed by atoms with Gasteiger partial charge in [0.15, 0.2) is 6.10 Å². The van der Waals surface area contributed by atoms with Gasteiger partial charge in [-0.3, -0.25) is 19.3 Å². The molecule has 0 radical (unpaired) electrons. The molecule has 1 heterocycles. The Labute approximate surface area is 167 Å². The monoisotopic (exact) mass is 407 g/mol. The fraction of sp³-hybridized carbons (Fsp3) is 0.474. The normalized spacial score (nSPS) is 18.9. The number of benzene rings is 1. The molecule has 1 saturated carbocycles. The average Bonchev–Trinajstić information content (AvgIpc) is 3.19. The van der Waals surface area contributed by atoms with Crippen LogP contribution in [0.15, 0.2) is 18.2 Å². The van der Waals surface area contributed by atoms with Crippen molar-refractivity contribution in [3.63, 3.8) is 0 Å². The lowest BCUT2D eigenvalue weighted by Crippen LogP contribution is -2.44. The molecule has 0 bridgehead atoms. The molecule has 1 spiro atoms. The summed E-state index contributed by atoms with van der Waals surface area (Å²) in [5, 5.41) is 5.80. The maximum absolute atomic E-state index is 12.5. The molecule has 0 aromatic heterocycles. The highest BCUT2D eigenvalue weighted by molar-refractivity contribution is 6.31. The van der Waals surface area contributed by atoms with E-state index in [1.165, 1.54) is 6.92 Å². The molecule has 28 heavy (non-hydrogen) atoms. The van der Waals surface area contributed by atoms with Crippen molar-refractivity contribution in [2.75, 3.05) is 11.9 Å². The Hall–Kier alpha value is -2.61. The van der Waals surface area contributed by atoms with Gasteiger partial charge >= 0.3 is 12.0 Å². The van der Waals surface area contributed by atoms with E-state index in [4.69, 9.17) is 16.3 Å². The van der Waals surface area contributed by atoms with Crippen molar-refractivity contribution in [1.82, 2.24) is 10.2 Å². The van der Waals surface area contributed by atoms with Crippen molar-refractivity contribution in [2.45, 2.75) is 51.2 Å². The van der Waals surface area contributed by atoms with Gasteiger partial charge in [-0.05, 0) is 44.4 Å². The molecule has 1 aliphatic heterocycles. The fourth-order valence-electron chi connectivity index (χ4n) is 3.52. The van der Waals surface area contributed by atoms with Gasteiger partial charge in [-0.2, -0.15) is 0 Å². The highest BCUT2D eigenvalue weighted by Gasteiger charge is 2.52. The van der Waals surface area contributed by atoms with E-state index in [-0.39, 0.29) is 0 Å². The van der Waals surface area contributed by atoms with E-state index in [2.05, 4.69) is 10.6 Å². The van der Waals surface area contributed by atoms with Crippen LogP contribution in [-0.4, -0.2) is 46.9 Å². The standard InChI is InChI=1S/C19H22ClN3O5/c1-11-5-6-13(20)9-14(11)21-16(25)12(2)28-15(24)10-23-17(26)19(22-18(23)27)7-3-4-8-19/h5-6,9,12H,3-4,7-8,10H2,1-2H3,(H,21,25)(H,22,27)/t12-/m0/s1. The van der Waals surface area contributed by atoms with E-state index < -0.39 is 42.0 Å². The number of carbonyl (C=O) groups is 4. The van der Waals surface area contributed by atoms with Gasteiger partial charge in [-0.1, -0.05) is 30.5 Å². The summed E-state index contributed by atoms with van der Waals surface area (Å²) in [7, 11) is 0. The van der Waals surface area contributed by atoms with E-state index in [1.807, 2.05) is 0 Å². The van der Waals surface area contributed by atoms with Crippen molar-refractivity contribution in [2.24, 2.45) is 0 Å². The molecule has 1 aromatic rings. The third kappa shape index (κ3) is 3.96. The topological polar surface area (TPSA) is 105 Å². The summed E-state index contributed by atoms with van der Waals surface area (Å²) in [4.78, 5) is 50.0. The number of ether oxygens (including phenoxy) is 1. The Kier molecular flexibility index (Phi) is 5.60. The second kappa shape index (κ2) is 7.79. The first-order valence-corrected chi connectivity index (χ1v) is 9.50. The Morgan fingerprint density at radius 3 is 2.68 bits per heavy atom. The molecule has 1 aliphatic carbocycles. The van der Waals surface area contributed by atoms with Gasteiger partial charge in [-0.25, -0.2) is 4.79 Å². The van der Waals surface area contributed by atoms with Crippen LogP contribution in [0.5, 0.6) is 0 Å². The third-order valence-electron chi connectivity index (χ3n) is 5.13. The van der Waals surface area contributed by atoms with E-state index in [0.29, 0.717) is 23.6 Å². The number of carbonyl (C=O) groups excluding carboxylic acids is 4. The zero-order valence-electron chi connectivity index (χ0n) is 15.7.